The first-order valence-corrected chi connectivity index (χ1v) is 6.13. The number of hydrogen-bond acceptors (Lipinski definition) is 3. The summed E-state index contributed by atoms with van der Waals surface area (Å²) in [6.07, 6.45) is 0. The summed E-state index contributed by atoms with van der Waals surface area (Å²) in [4.78, 5) is 12.7. The van der Waals surface area contributed by atoms with Gasteiger partial charge in [0.15, 0.2) is 0 Å². The highest BCUT2D eigenvalue weighted by Gasteiger charge is 2.16. The Morgan fingerprint density at radius 2 is 2.06 bits per heavy atom. The minimum atomic E-state index is -0.973. The van der Waals surface area contributed by atoms with E-state index in [0.717, 1.165) is 11.3 Å². The van der Waals surface area contributed by atoms with Crippen molar-refractivity contribution < 1.29 is 9.90 Å². The molecular formula is C14H22N2O2. The number of nitrogens with two attached hydrogens (primary N) is 1. The van der Waals surface area contributed by atoms with Crippen LogP contribution in [0.15, 0.2) is 18.2 Å². The summed E-state index contributed by atoms with van der Waals surface area (Å²) in [6, 6.07) is 5.41. The van der Waals surface area contributed by atoms with Crippen LogP contribution >= 0.6 is 0 Å². The van der Waals surface area contributed by atoms with Gasteiger partial charge in [-0.3, -0.25) is 4.79 Å². The van der Waals surface area contributed by atoms with Gasteiger partial charge in [0.25, 0.3) is 0 Å². The molecule has 0 aromatic heterocycles. The number of nitrogens with zero attached hydrogens (tertiary/aromatic N) is 1. The zero-order valence-corrected chi connectivity index (χ0v) is 11.5. The highest BCUT2D eigenvalue weighted by molar-refractivity contribution is 5.74. The van der Waals surface area contributed by atoms with E-state index in [4.69, 9.17) is 10.8 Å². The minimum Gasteiger partial charge on any atom is -0.480 e. The van der Waals surface area contributed by atoms with E-state index in [0.29, 0.717) is 12.5 Å². The molecule has 0 aliphatic rings. The number of aryl methyl sites for hydroxylation is 1. The van der Waals surface area contributed by atoms with Gasteiger partial charge in [-0.05, 0) is 30.0 Å². The van der Waals surface area contributed by atoms with Crippen LogP contribution in [0.3, 0.4) is 0 Å². The Balaban J connectivity index is 2.93. The van der Waals surface area contributed by atoms with E-state index in [-0.39, 0.29) is 0 Å². The largest absolute Gasteiger partial charge is 0.480 e. The molecule has 4 nitrogen and oxygen atoms in total. The average Bonchev–Trinajstić information content (AvgIpc) is 2.28. The lowest BCUT2D eigenvalue weighted by atomic mass is 10.00. The van der Waals surface area contributed by atoms with Gasteiger partial charge >= 0.3 is 5.97 Å². The van der Waals surface area contributed by atoms with E-state index >= 15 is 0 Å². The van der Waals surface area contributed by atoms with Crippen molar-refractivity contribution in [3.8, 4) is 0 Å². The van der Waals surface area contributed by atoms with Gasteiger partial charge in [-0.25, -0.2) is 0 Å². The molecule has 1 unspecified atom stereocenters. The number of hydrogen-bond donors (Lipinski definition) is 2. The summed E-state index contributed by atoms with van der Waals surface area (Å²) in [6.45, 7) is 6.59. The second-order valence-electron chi connectivity index (χ2n) is 5.03. The summed E-state index contributed by atoms with van der Waals surface area (Å²) in [7, 11) is 1.87. The first kappa shape index (κ1) is 14.5. The molecule has 0 radical (unpaired) electrons. The van der Waals surface area contributed by atoms with Crippen molar-refractivity contribution in [3.05, 3.63) is 29.3 Å². The fraction of sp³-hybridized carbons (Fsp3) is 0.500. The third-order valence-corrected chi connectivity index (χ3v) is 3.10. The van der Waals surface area contributed by atoms with Crippen molar-refractivity contribution in [1.29, 1.82) is 0 Å². The van der Waals surface area contributed by atoms with Crippen LogP contribution in [-0.2, 0) is 4.79 Å². The predicted octanol–water partition coefficient (Wildman–Crippen LogP) is 1.97. The third kappa shape index (κ3) is 3.47. The number of carbonyl (C=O) groups is 1. The summed E-state index contributed by atoms with van der Waals surface area (Å²) < 4.78 is 0. The zero-order chi connectivity index (χ0) is 13.9. The van der Waals surface area contributed by atoms with Gasteiger partial charge in [0.2, 0.25) is 0 Å². The molecule has 0 aliphatic carbocycles. The monoisotopic (exact) mass is 250 g/mol. The molecule has 1 aromatic rings. The van der Waals surface area contributed by atoms with Gasteiger partial charge in [0.05, 0.1) is 0 Å². The Morgan fingerprint density at radius 3 is 2.56 bits per heavy atom. The van der Waals surface area contributed by atoms with Crippen LogP contribution in [0.1, 0.15) is 30.9 Å². The Kier molecular flexibility index (Phi) is 4.73. The lowest BCUT2D eigenvalue weighted by Gasteiger charge is -2.24. The molecule has 3 N–H and O–H groups in total. The summed E-state index contributed by atoms with van der Waals surface area (Å²) in [5.74, 6) is -0.523. The minimum absolute atomic E-state index is 0.303. The van der Waals surface area contributed by atoms with Crippen LogP contribution in [0.5, 0.6) is 0 Å². The molecule has 1 aromatic carbocycles. The normalized spacial score (nSPS) is 12.6. The fourth-order valence-electron chi connectivity index (χ4n) is 1.87. The van der Waals surface area contributed by atoms with E-state index in [1.165, 1.54) is 5.56 Å². The molecule has 0 amide bonds. The molecule has 1 rings (SSSR count). The quantitative estimate of drug-likeness (QED) is 0.838. The molecule has 0 spiro atoms. The van der Waals surface area contributed by atoms with E-state index in [1.807, 2.05) is 18.9 Å². The van der Waals surface area contributed by atoms with Crippen molar-refractivity contribution >= 4 is 11.7 Å². The maximum Gasteiger partial charge on any atom is 0.322 e. The molecular weight excluding hydrogens is 228 g/mol. The molecule has 0 aliphatic heterocycles. The Morgan fingerprint density at radius 1 is 1.44 bits per heavy atom. The number of likely N-dealkylation sites (N-methyl/N-ethyl adjacent to an activating group) is 1. The highest BCUT2D eigenvalue weighted by atomic mass is 16.4. The van der Waals surface area contributed by atoms with Gasteiger partial charge in [-0.2, -0.15) is 0 Å². The number of rotatable bonds is 5. The molecule has 0 bridgehead atoms. The van der Waals surface area contributed by atoms with Gasteiger partial charge in [-0.15, -0.1) is 0 Å². The zero-order valence-electron chi connectivity index (χ0n) is 11.5. The Labute approximate surface area is 108 Å². The van der Waals surface area contributed by atoms with E-state index in [9.17, 15) is 4.79 Å². The topological polar surface area (TPSA) is 66.6 Å². The maximum atomic E-state index is 10.8. The van der Waals surface area contributed by atoms with Crippen molar-refractivity contribution in [2.24, 2.45) is 5.73 Å². The maximum absolute atomic E-state index is 10.8. The fourth-order valence-corrected chi connectivity index (χ4v) is 1.87. The number of carboxylic acid groups (broad SMARTS) is 1. The Bertz CT molecular complexity index is 430. The number of carboxylic acids is 1. The lowest BCUT2D eigenvalue weighted by molar-refractivity contribution is -0.138. The first-order valence-electron chi connectivity index (χ1n) is 6.13. The van der Waals surface area contributed by atoms with Crippen LogP contribution in [0, 0.1) is 6.92 Å². The lowest BCUT2D eigenvalue weighted by Crippen LogP contribution is -2.41. The van der Waals surface area contributed by atoms with Gasteiger partial charge in [-0.1, -0.05) is 26.0 Å². The van der Waals surface area contributed by atoms with Crippen LogP contribution in [0.2, 0.25) is 0 Å². The molecule has 100 valence electrons. The van der Waals surface area contributed by atoms with E-state index < -0.39 is 12.0 Å². The number of benzene rings is 1. The first-order chi connectivity index (χ1) is 8.32. The Hall–Kier alpha value is -1.55. The van der Waals surface area contributed by atoms with Crippen molar-refractivity contribution in [2.45, 2.75) is 32.7 Å². The third-order valence-electron chi connectivity index (χ3n) is 3.10. The number of anilines is 1. The van der Waals surface area contributed by atoms with Gasteiger partial charge < -0.3 is 15.7 Å². The molecule has 0 saturated heterocycles. The van der Waals surface area contributed by atoms with Crippen molar-refractivity contribution in [2.75, 3.05) is 18.5 Å². The van der Waals surface area contributed by atoms with Crippen LogP contribution in [0.4, 0.5) is 5.69 Å². The van der Waals surface area contributed by atoms with Gasteiger partial charge in [0.1, 0.15) is 6.04 Å². The molecule has 18 heavy (non-hydrogen) atoms. The van der Waals surface area contributed by atoms with Gasteiger partial charge in [0, 0.05) is 19.3 Å². The second kappa shape index (κ2) is 5.87. The molecule has 0 saturated carbocycles. The summed E-state index contributed by atoms with van der Waals surface area (Å²) >= 11 is 0. The van der Waals surface area contributed by atoms with Crippen LogP contribution in [0.25, 0.3) is 0 Å². The SMILES string of the molecule is Cc1ccc(C(C)C)cc1N(C)CC(N)C(=O)O. The second-order valence-corrected chi connectivity index (χ2v) is 5.03. The highest BCUT2D eigenvalue weighted by Crippen LogP contribution is 2.24. The van der Waals surface area contributed by atoms with Crippen molar-refractivity contribution in [1.82, 2.24) is 0 Å². The van der Waals surface area contributed by atoms with E-state index in [2.05, 4.69) is 32.0 Å². The molecule has 1 atom stereocenters. The average molecular weight is 250 g/mol. The molecule has 0 fully saturated rings. The van der Waals surface area contributed by atoms with Crippen LogP contribution < -0.4 is 10.6 Å². The summed E-state index contributed by atoms with van der Waals surface area (Å²) in [5, 5.41) is 8.84. The molecule has 4 heteroatoms. The molecule has 0 heterocycles. The smallest absolute Gasteiger partial charge is 0.322 e. The van der Waals surface area contributed by atoms with Crippen LogP contribution in [-0.4, -0.2) is 30.7 Å². The van der Waals surface area contributed by atoms with E-state index in [1.54, 1.807) is 0 Å². The summed E-state index contributed by atoms with van der Waals surface area (Å²) in [5.41, 5.74) is 8.97. The number of aliphatic carboxylic acids is 1. The van der Waals surface area contributed by atoms with Crippen molar-refractivity contribution in [3.63, 3.8) is 0 Å². The standard InChI is InChI=1S/C14H22N2O2/c1-9(2)11-6-5-10(3)13(7-11)16(4)8-12(15)14(17)18/h5-7,9,12H,8,15H2,1-4H3,(H,17,18). The predicted molar refractivity (Wildman–Crippen MR) is 74.1 cm³/mol.